The van der Waals surface area contributed by atoms with Crippen molar-refractivity contribution >= 4 is 6.09 Å². The molecule has 0 bridgehead atoms. The maximum atomic E-state index is 12.1. The summed E-state index contributed by atoms with van der Waals surface area (Å²) in [5.41, 5.74) is 0.490. The molecule has 1 spiro atoms. The summed E-state index contributed by atoms with van der Waals surface area (Å²) in [6.45, 7) is 6.64. The van der Waals surface area contributed by atoms with Crippen LogP contribution >= 0.6 is 0 Å². The van der Waals surface area contributed by atoms with Gasteiger partial charge in [0.15, 0.2) is 6.29 Å². The number of pyridine rings is 1. The van der Waals surface area contributed by atoms with Crippen LogP contribution in [0, 0.1) is 0 Å². The van der Waals surface area contributed by atoms with E-state index in [-0.39, 0.29) is 6.09 Å². The highest BCUT2D eigenvalue weighted by Gasteiger charge is 2.48. The van der Waals surface area contributed by atoms with Crippen molar-refractivity contribution in [3.05, 3.63) is 29.6 Å². The van der Waals surface area contributed by atoms with Gasteiger partial charge in [-0.2, -0.15) is 0 Å². The van der Waals surface area contributed by atoms with Crippen LogP contribution in [0.3, 0.4) is 0 Å². The second-order valence-electron chi connectivity index (χ2n) is 6.87. The van der Waals surface area contributed by atoms with Gasteiger partial charge in [-0.1, -0.05) is 6.07 Å². The summed E-state index contributed by atoms with van der Waals surface area (Å²) in [5.74, 6) is 0. The Labute approximate surface area is 130 Å². The van der Waals surface area contributed by atoms with Crippen molar-refractivity contribution in [3.8, 4) is 0 Å². The molecule has 1 aromatic rings. The second-order valence-corrected chi connectivity index (χ2v) is 6.87. The van der Waals surface area contributed by atoms with Crippen LogP contribution in [0.25, 0.3) is 0 Å². The zero-order valence-corrected chi connectivity index (χ0v) is 13.2. The van der Waals surface area contributed by atoms with E-state index in [0.29, 0.717) is 31.6 Å². The lowest BCUT2D eigenvalue weighted by Gasteiger charge is -2.39. The largest absolute Gasteiger partial charge is 0.444 e. The van der Waals surface area contributed by atoms with Gasteiger partial charge in [0.1, 0.15) is 16.9 Å². The van der Waals surface area contributed by atoms with E-state index in [1.165, 1.54) is 0 Å². The molecule has 1 atom stereocenters. The Balaban J connectivity index is 1.71. The molecule has 0 aromatic carbocycles. The van der Waals surface area contributed by atoms with Gasteiger partial charge in [-0.15, -0.1) is 0 Å². The number of amides is 1. The number of rotatable bonds is 0. The van der Waals surface area contributed by atoms with Crippen molar-refractivity contribution in [2.45, 2.75) is 51.1 Å². The quantitative estimate of drug-likeness (QED) is 0.796. The molecule has 22 heavy (non-hydrogen) atoms. The molecule has 1 aromatic heterocycles. The number of aliphatic hydroxyl groups excluding tert-OH is 1. The number of piperidine rings is 1. The van der Waals surface area contributed by atoms with Gasteiger partial charge in [0.2, 0.25) is 0 Å². The Hall–Kier alpha value is -1.66. The van der Waals surface area contributed by atoms with E-state index in [1.54, 1.807) is 11.1 Å². The number of carbonyl (C=O) groups excluding carboxylic acids is 1. The summed E-state index contributed by atoms with van der Waals surface area (Å²) in [7, 11) is 0. The van der Waals surface area contributed by atoms with Crippen LogP contribution in [0.2, 0.25) is 0 Å². The van der Waals surface area contributed by atoms with Gasteiger partial charge in [-0.3, -0.25) is 4.98 Å². The predicted molar refractivity (Wildman–Crippen MR) is 79.0 cm³/mol. The summed E-state index contributed by atoms with van der Waals surface area (Å²) in [6.07, 6.45) is 1.63. The zero-order valence-electron chi connectivity index (χ0n) is 13.2. The molecule has 1 saturated heterocycles. The molecule has 3 heterocycles. The molecule has 6 nitrogen and oxygen atoms in total. The monoisotopic (exact) mass is 306 g/mol. The summed E-state index contributed by atoms with van der Waals surface area (Å²) < 4.78 is 11.2. The number of nitrogens with zero attached hydrogens (tertiary/aromatic N) is 2. The van der Waals surface area contributed by atoms with Crippen LogP contribution < -0.4 is 0 Å². The molecule has 1 fully saturated rings. The first-order valence-electron chi connectivity index (χ1n) is 7.60. The van der Waals surface area contributed by atoms with Crippen LogP contribution in [0.5, 0.6) is 0 Å². The minimum absolute atomic E-state index is 0.299. The minimum atomic E-state index is -0.982. The molecular weight excluding hydrogens is 284 g/mol. The molecule has 120 valence electrons. The van der Waals surface area contributed by atoms with Crippen molar-refractivity contribution in [1.82, 2.24) is 9.88 Å². The third kappa shape index (κ3) is 2.68. The van der Waals surface area contributed by atoms with Crippen molar-refractivity contribution in [2.75, 3.05) is 13.1 Å². The number of fused-ring (bicyclic) bond motifs is 2. The molecule has 2 aliphatic rings. The van der Waals surface area contributed by atoms with Crippen molar-refractivity contribution in [3.63, 3.8) is 0 Å². The predicted octanol–water partition coefficient (Wildman–Crippen LogP) is 2.33. The Morgan fingerprint density at radius 1 is 1.45 bits per heavy atom. The van der Waals surface area contributed by atoms with Crippen LogP contribution in [0.15, 0.2) is 18.3 Å². The SMILES string of the molecule is CC(C)(C)OC(=O)N1CCC2(CC1)OC(O)c1ncccc12. The van der Waals surface area contributed by atoms with Gasteiger partial charge in [0.05, 0.1) is 0 Å². The molecule has 0 radical (unpaired) electrons. The normalized spacial score (nSPS) is 23.5. The van der Waals surface area contributed by atoms with E-state index < -0.39 is 17.5 Å². The molecular formula is C16H22N2O4. The van der Waals surface area contributed by atoms with Gasteiger partial charge < -0.3 is 19.5 Å². The van der Waals surface area contributed by atoms with Crippen LogP contribution in [0.4, 0.5) is 4.79 Å². The maximum Gasteiger partial charge on any atom is 0.410 e. The van der Waals surface area contributed by atoms with Gasteiger partial charge in [-0.05, 0) is 39.7 Å². The Morgan fingerprint density at radius 3 is 2.77 bits per heavy atom. The van der Waals surface area contributed by atoms with Gasteiger partial charge >= 0.3 is 6.09 Å². The molecule has 1 amide bonds. The molecule has 2 aliphatic heterocycles. The summed E-state index contributed by atoms with van der Waals surface area (Å²) in [6, 6.07) is 3.80. The number of hydrogen-bond acceptors (Lipinski definition) is 5. The number of aliphatic hydroxyl groups is 1. The minimum Gasteiger partial charge on any atom is -0.444 e. The fraction of sp³-hybridized carbons (Fsp3) is 0.625. The first-order chi connectivity index (χ1) is 10.3. The summed E-state index contributed by atoms with van der Waals surface area (Å²) in [4.78, 5) is 18.0. The Kier molecular flexibility index (Phi) is 3.61. The summed E-state index contributed by atoms with van der Waals surface area (Å²) >= 11 is 0. The van der Waals surface area contributed by atoms with Crippen molar-refractivity contribution < 1.29 is 19.4 Å². The highest BCUT2D eigenvalue weighted by molar-refractivity contribution is 5.68. The third-order valence-corrected chi connectivity index (χ3v) is 4.12. The lowest BCUT2D eigenvalue weighted by atomic mass is 9.85. The zero-order chi connectivity index (χ0) is 16.0. The van der Waals surface area contributed by atoms with Gasteiger partial charge in [0, 0.05) is 24.8 Å². The Morgan fingerprint density at radius 2 is 2.14 bits per heavy atom. The third-order valence-electron chi connectivity index (χ3n) is 4.12. The molecule has 0 aliphatic carbocycles. The average molecular weight is 306 g/mol. The fourth-order valence-corrected chi connectivity index (χ4v) is 3.10. The number of aromatic nitrogens is 1. The maximum absolute atomic E-state index is 12.1. The number of ether oxygens (including phenoxy) is 2. The lowest BCUT2D eigenvalue weighted by molar-refractivity contribution is -0.188. The molecule has 3 rings (SSSR count). The van der Waals surface area contributed by atoms with Crippen LogP contribution in [0.1, 0.15) is 51.2 Å². The topological polar surface area (TPSA) is 71.9 Å². The van der Waals surface area contributed by atoms with E-state index in [2.05, 4.69) is 4.98 Å². The molecule has 1 N–H and O–H groups in total. The number of hydrogen-bond donors (Lipinski definition) is 1. The highest BCUT2D eigenvalue weighted by atomic mass is 16.6. The molecule has 1 unspecified atom stereocenters. The average Bonchev–Trinajstić information content (AvgIpc) is 2.71. The second kappa shape index (κ2) is 5.21. The van der Waals surface area contributed by atoms with E-state index in [9.17, 15) is 9.90 Å². The van der Waals surface area contributed by atoms with Crippen molar-refractivity contribution in [1.29, 1.82) is 0 Å². The van der Waals surface area contributed by atoms with Crippen LogP contribution in [-0.2, 0) is 15.1 Å². The molecule has 0 saturated carbocycles. The van der Waals surface area contributed by atoms with E-state index >= 15 is 0 Å². The van der Waals surface area contributed by atoms with Crippen LogP contribution in [-0.4, -0.2) is 39.8 Å². The lowest BCUT2D eigenvalue weighted by Crippen LogP contribution is -2.46. The molecule has 6 heteroatoms. The Bertz CT molecular complexity index is 574. The smallest absolute Gasteiger partial charge is 0.410 e. The van der Waals surface area contributed by atoms with Gasteiger partial charge in [0.25, 0.3) is 0 Å². The number of likely N-dealkylation sites (tertiary alicyclic amines) is 1. The first kappa shape index (κ1) is 15.2. The van der Waals surface area contributed by atoms with Gasteiger partial charge in [-0.25, -0.2) is 4.79 Å². The first-order valence-corrected chi connectivity index (χ1v) is 7.60. The summed E-state index contributed by atoms with van der Waals surface area (Å²) in [5, 5.41) is 10.0. The van der Waals surface area contributed by atoms with E-state index in [4.69, 9.17) is 9.47 Å². The van der Waals surface area contributed by atoms with E-state index in [0.717, 1.165) is 5.56 Å². The standard InChI is InChI=1S/C16H22N2O4/c1-15(2,3)22-14(20)18-9-6-16(7-10-18)11-5-4-8-17-12(11)13(19)21-16/h4-5,8,13,19H,6-7,9-10H2,1-3H3. The van der Waals surface area contributed by atoms with Crippen molar-refractivity contribution in [2.24, 2.45) is 0 Å². The number of carbonyl (C=O) groups is 1. The van der Waals surface area contributed by atoms with E-state index in [1.807, 2.05) is 32.9 Å². The fourth-order valence-electron chi connectivity index (χ4n) is 3.10. The highest BCUT2D eigenvalue weighted by Crippen LogP contribution is 2.47.